The number of nitrogens with zero attached hydrogens (tertiary/aromatic N) is 2. The molecule has 4 heteroatoms. The van der Waals surface area contributed by atoms with Gasteiger partial charge in [-0.3, -0.25) is 9.78 Å². The van der Waals surface area contributed by atoms with Crippen LogP contribution >= 0.6 is 0 Å². The molecule has 1 heterocycles. The standard InChI is InChI=1S/C10H10N3O/c1-10(2,7-11)13-9(14)8-4-3-5-12-6-8/h3-4,6H,1-2H3,(H,13,14). The number of nitrogens with one attached hydrogen (secondary N) is 1. The molecule has 0 spiro atoms. The van der Waals surface area contributed by atoms with Crippen LogP contribution in [-0.2, 0) is 0 Å². The summed E-state index contributed by atoms with van der Waals surface area (Å²) in [4.78, 5) is 15.2. The van der Waals surface area contributed by atoms with Crippen LogP contribution in [0.3, 0.4) is 0 Å². The molecule has 1 aromatic rings. The van der Waals surface area contributed by atoms with Gasteiger partial charge < -0.3 is 5.32 Å². The molecule has 0 aromatic carbocycles. The van der Waals surface area contributed by atoms with Crippen molar-refractivity contribution >= 4 is 5.91 Å². The van der Waals surface area contributed by atoms with Crippen LogP contribution in [0.15, 0.2) is 18.3 Å². The second kappa shape index (κ2) is 3.88. The van der Waals surface area contributed by atoms with Crippen LogP contribution in [0.25, 0.3) is 0 Å². The molecule has 1 rings (SSSR count). The lowest BCUT2D eigenvalue weighted by Gasteiger charge is -2.16. The second-order valence-corrected chi connectivity index (χ2v) is 3.37. The van der Waals surface area contributed by atoms with Gasteiger partial charge in [-0.05, 0) is 26.0 Å². The molecule has 0 atom stereocenters. The number of carbonyl (C=O) groups excluding carboxylic acids is 1. The number of rotatable bonds is 2. The predicted octanol–water partition coefficient (Wildman–Crippen LogP) is 0.914. The molecule has 0 aliphatic heterocycles. The lowest BCUT2D eigenvalue weighted by molar-refractivity contribution is 0.0929. The van der Waals surface area contributed by atoms with E-state index in [4.69, 9.17) is 5.26 Å². The molecule has 1 amide bonds. The Morgan fingerprint density at radius 2 is 2.43 bits per heavy atom. The van der Waals surface area contributed by atoms with Gasteiger partial charge in [0.1, 0.15) is 5.54 Å². The average Bonchev–Trinajstić information content (AvgIpc) is 2.19. The summed E-state index contributed by atoms with van der Waals surface area (Å²) in [6.45, 7) is 3.26. The third kappa shape index (κ3) is 2.56. The lowest BCUT2D eigenvalue weighted by Crippen LogP contribution is -2.42. The van der Waals surface area contributed by atoms with Gasteiger partial charge in [-0.15, -0.1) is 0 Å². The molecule has 0 saturated carbocycles. The quantitative estimate of drug-likeness (QED) is 0.750. The summed E-state index contributed by atoms with van der Waals surface area (Å²) in [6.07, 6.45) is 3.97. The SMILES string of the molecule is CC(C)(C#N)NC(=O)c1cc[c]nc1. The minimum Gasteiger partial charge on any atom is -0.334 e. The first-order valence-corrected chi connectivity index (χ1v) is 4.11. The van der Waals surface area contributed by atoms with Crippen molar-refractivity contribution < 1.29 is 4.79 Å². The highest BCUT2D eigenvalue weighted by atomic mass is 16.1. The molecule has 0 aliphatic carbocycles. The summed E-state index contributed by atoms with van der Waals surface area (Å²) in [5.41, 5.74) is -0.441. The second-order valence-electron chi connectivity index (χ2n) is 3.37. The Balaban J connectivity index is 2.75. The summed E-state index contributed by atoms with van der Waals surface area (Å²) >= 11 is 0. The van der Waals surface area contributed by atoms with Crippen molar-refractivity contribution in [2.75, 3.05) is 0 Å². The smallest absolute Gasteiger partial charge is 0.254 e. The number of pyridine rings is 1. The Labute approximate surface area is 82.6 Å². The van der Waals surface area contributed by atoms with Crippen LogP contribution in [0, 0.1) is 17.5 Å². The fourth-order valence-electron chi connectivity index (χ4n) is 0.838. The maximum absolute atomic E-state index is 11.5. The van der Waals surface area contributed by atoms with Gasteiger partial charge in [-0.2, -0.15) is 5.26 Å². The van der Waals surface area contributed by atoms with Crippen molar-refractivity contribution in [1.82, 2.24) is 10.3 Å². The van der Waals surface area contributed by atoms with Crippen LogP contribution in [0.4, 0.5) is 0 Å². The van der Waals surface area contributed by atoms with Crippen LogP contribution in [0.1, 0.15) is 24.2 Å². The Bertz CT molecular complexity index is 365. The first-order valence-electron chi connectivity index (χ1n) is 4.11. The zero-order valence-corrected chi connectivity index (χ0v) is 8.03. The van der Waals surface area contributed by atoms with Crippen LogP contribution in [0.2, 0.25) is 0 Å². The summed E-state index contributed by atoms with van der Waals surface area (Å²) in [5.74, 6) is -0.307. The molecular weight excluding hydrogens is 178 g/mol. The molecular formula is C10H10N3O. The van der Waals surface area contributed by atoms with Crippen LogP contribution < -0.4 is 5.32 Å². The van der Waals surface area contributed by atoms with E-state index in [9.17, 15) is 4.79 Å². The highest BCUT2D eigenvalue weighted by Gasteiger charge is 2.19. The normalized spacial score (nSPS) is 10.4. The lowest BCUT2D eigenvalue weighted by atomic mass is 10.1. The maximum atomic E-state index is 11.5. The zero-order chi connectivity index (χ0) is 10.6. The van der Waals surface area contributed by atoms with Crippen molar-refractivity contribution in [3.8, 4) is 6.07 Å². The van der Waals surface area contributed by atoms with Crippen molar-refractivity contribution in [1.29, 1.82) is 5.26 Å². The number of amides is 1. The highest BCUT2D eigenvalue weighted by molar-refractivity contribution is 5.94. The first kappa shape index (κ1) is 10.2. The van der Waals surface area contributed by atoms with E-state index in [1.807, 2.05) is 6.07 Å². The highest BCUT2D eigenvalue weighted by Crippen LogP contribution is 2.02. The van der Waals surface area contributed by atoms with E-state index in [1.165, 1.54) is 6.20 Å². The number of aromatic nitrogens is 1. The first-order chi connectivity index (χ1) is 6.55. The molecule has 14 heavy (non-hydrogen) atoms. The summed E-state index contributed by atoms with van der Waals surface area (Å²) < 4.78 is 0. The zero-order valence-electron chi connectivity index (χ0n) is 8.03. The Morgan fingerprint density at radius 3 is 2.93 bits per heavy atom. The molecule has 0 aliphatic rings. The van der Waals surface area contributed by atoms with Gasteiger partial charge >= 0.3 is 0 Å². The topological polar surface area (TPSA) is 65.8 Å². The number of hydrogen-bond acceptors (Lipinski definition) is 3. The molecule has 0 unspecified atom stereocenters. The summed E-state index contributed by atoms with van der Waals surface area (Å²) in [6, 6.07) is 5.12. The predicted molar refractivity (Wildman–Crippen MR) is 50.2 cm³/mol. The van der Waals surface area contributed by atoms with Gasteiger partial charge in [-0.1, -0.05) is 0 Å². The van der Waals surface area contributed by atoms with E-state index < -0.39 is 5.54 Å². The van der Waals surface area contributed by atoms with Crippen LogP contribution in [-0.4, -0.2) is 16.4 Å². The molecule has 1 N–H and O–H groups in total. The third-order valence-corrected chi connectivity index (χ3v) is 1.58. The Kier molecular flexibility index (Phi) is 2.82. The molecule has 4 nitrogen and oxygen atoms in total. The largest absolute Gasteiger partial charge is 0.334 e. The van der Waals surface area contributed by atoms with Gasteiger partial charge in [0, 0.05) is 6.20 Å². The van der Waals surface area contributed by atoms with Gasteiger partial charge in [0.25, 0.3) is 5.91 Å². The molecule has 0 saturated heterocycles. The third-order valence-electron chi connectivity index (χ3n) is 1.58. The van der Waals surface area contributed by atoms with Gasteiger partial charge in [0.05, 0.1) is 17.8 Å². The Morgan fingerprint density at radius 1 is 1.71 bits per heavy atom. The average molecular weight is 188 g/mol. The van der Waals surface area contributed by atoms with Gasteiger partial charge in [0.15, 0.2) is 0 Å². The fourth-order valence-corrected chi connectivity index (χ4v) is 0.838. The van der Waals surface area contributed by atoms with E-state index in [0.29, 0.717) is 5.56 Å². The minimum atomic E-state index is -0.864. The molecule has 1 radical (unpaired) electrons. The van der Waals surface area contributed by atoms with Crippen LogP contribution in [0.5, 0.6) is 0 Å². The van der Waals surface area contributed by atoms with E-state index in [0.717, 1.165) is 0 Å². The van der Waals surface area contributed by atoms with Gasteiger partial charge in [0.2, 0.25) is 0 Å². The van der Waals surface area contributed by atoms with E-state index in [2.05, 4.69) is 16.5 Å². The Hall–Kier alpha value is -1.89. The molecule has 0 fully saturated rings. The van der Waals surface area contributed by atoms with Gasteiger partial charge in [-0.25, -0.2) is 0 Å². The number of hydrogen-bond donors (Lipinski definition) is 1. The molecule has 1 aromatic heterocycles. The summed E-state index contributed by atoms with van der Waals surface area (Å²) in [7, 11) is 0. The monoisotopic (exact) mass is 188 g/mol. The number of nitriles is 1. The fraction of sp³-hybridized carbons (Fsp3) is 0.300. The number of carbonyl (C=O) groups is 1. The van der Waals surface area contributed by atoms with Crippen molar-refractivity contribution in [2.45, 2.75) is 19.4 Å². The van der Waals surface area contributed by atoms with Crippen molar-refractivity contribution in [2.24, 2.45) is 0 Å². The molecule has 0 bridgehead atoms. The summed E-state index contributed by atoms with van der Waals surface area (Å²) in [5, 5.41) is 11.3. The van der Waals surface area contributed by atoms with Crippen molar-refractivity contribution in [3.63, 3.8) is 0 Å². The van der Waals surface area contributed by atoms with E-state index in [-0.39, 0.29) is 5.91 Å². The molecule has 71 valence electrons. The van der Waals surface area contributed by atoms with E-state index >= 15 is 0 Å². The minimum absolute atomic E-state index is 0.307. The van der Waals surface area contributed by atoms with Crippen molar-refractivity contribution in [3.05, 3.63) is 30.1 Å². The van der Waals surface area contributed by atoms with E-state index in [1.54, 1.807) is 26.0 Å². The maximum Gasteiger partial charge on any atom is 0.254 e.